The SMILES string of the molecule is Cn1c(COc2cccc3c2CCCC3O)cc(=O)n(C)c1=O. The summed E-state index contributed by atoms with van der Waals surface area (Å²) in [5.41, 5.74) is 1.72. The van der Waals surface area contributed by atoms with Crippen LogP contribution in [0.5, 0.6) is 5.75 Å². The smallest absolute Gasteiger partial charge is 0.330 e. The van der Waals surface area contributed by atoms with Gasteiger partial charge in [-0.25, -0.2) is 4.79 Å². The molecular weight excluding hydrogens is 296 g/mol. The zero-order valence-corrected chi connectivity index (χ0v) is 13.3. The van der Waals surface area contributed by atoms with Gasteiger partial charge in [0.15, 0.2) is 0 Å². The maximum Gasteiger partial charge on any atom is 0.330 e. The van der Waals surface area contributed by atoms with Crippen molar-refractivity contribution in [2.45, 2.75) is 32.0 Å². The van der Waals surface area contributed by atoms with E-state index in [9.17, 15) is 14.7 Å². The van der Waals surface area contributed by atoms with Crippen LogP contribution in [0.4, 0.5) is 0 Å². The second kappa shape index (κ2) is 6.04. The molecular formula is C17H20N2O4. The fourth-order valence-electron chi connectivity index (χ4n) is 2.99. The first-order valence-electron chi connectivity index (χ1n) is 7.67. The van der Waals surface area contributed by atoms with E-state index in [0.717, 1.165) is 35.0 Å². The lowest BCUT2D eigenvalue weighted by Gasteiger charge is -2.23. The number of rotatable bonds is 3. The summed E-state index contributed by atoms with van der Waals surface area (Å²) in [6.45, 7) is 0.133. The molecule has 0 radical (unpaired) electrons. The highest BCUT2D eigenvalue weighted by Gasteiger charge is 2.21. The Kier molecular flexibility index (Phi) is 4.09. The molecule has 6 heteroatoms. The van der Waals surface area contributed by atoms with Crippen LogP contribution in [0.1, 0.15) is 35.8 Å². The number of nitrogens with zero attached hydrogens (tertiary/aromatic N) is 2. The Hall–Kier alpha value is -2.34. The van der Waals surface area contributed by atoms with Gasteiger partial charge >= 0.3 is 5.69 Å². The standard InChI is InChI=1S/C17H20N2O4/c1-18-11(9-16(21)19(2)17(18)22)10-23-15-8-4-5-12-13(15)6-3-7-14(12)20/h4-5,8-9,14,20H,3,6-7,10H2,1-2H3. The maximum absolute atomic E-state index is 11.9. The number of aliphatic hydroxyl groups excluding tert-OH is 1. The van der Waals surface area contributed by atoms with Crippen molar-refractivity contribution in [1.29, 1.82) is 0 Å². The molecule has 6 nitrogen and oxygen atoms in total. The van der Waals surface area contributed by atoms with Crippen LogP contribution in [0.15, 0.2) is 33.9 Å². The molecule has 1 aliphatic rings. The molecule has 1 aromatic carbocycles. The molecule has 1 aromatic heterocycles. The van der Waals surface area contributed by atoms with Gasteiger partial charge < -0.3 is 9.84 Å². The van der Waals surface area contributed by atoms with Crippen molar-refractivity contribution < 1.29 is 9.84 Å². The summed E-state index contributed by atoms with van der Waals surface area (Å²) < 4.78 is 8.32. The number of hydrogen-bond donors (Lipinski definition) is 1. The predicted molar refractivity (Wildman–Crippen MR) is 85.6 cm³/mol. The number of aliphatic hydroxyl groups is 1. The van der Waals surface area contributed by atoms with Gasteiger partial charge in [0.2, 0.25) is 0 Å². The number of ether oxygens (including phenoxy) is 1. The maximum atomic E-state index is 11.9. The van der Waals surface area contributed by atoms with Crippen LogP contribution in [0, 0.1) is 0 Å². The average Bonchev–Trinajstić information content (AvgIpc) is 2.55. The number of aromatic nitrogens is 2. The molecule has 23 heavy (non-hydrogen) atoms. The Labute approximate surface area is 133 Å². The van der Waals surface area contributed by atoms with Crippen LogP contribution in [-0.2, 0) is 27.1 Å². The van der Waals surface area contributed by atoms with Gasteiger partial charge in [-0.3, -0.25) is 13.9 Å². The molecule has 0 saturated heterocycles. The summed E-state index contributed by atoms with van der Waals surface area (Å²) in [6, 6.07) is 7.04. The van der Waals surface area contributed by atoms with E-state index in [0.29, 0.717) is 11.4 Å². The molecule has 0 bridgehead atoms. The van der Waals surface area contributed by atoms with Gasteiger partial charge in [0, 0.05) is 20.2 Å². The molecule has 1 heterocycles. The summed E-state index contributed by atoms with van der Waals surface area (Å²) in [5.74, 6) is 0.703. The van der Waals surface area contributed by atoms with Crippen LogP contribution < -0.4 is 16.0 Å². The lowest BCUT2D eigenvalue weighted by Crippen LogP contribution is -2.38. The van der Waals surface area contributed by atoms with E-state index >= 15 is 0 Å². The zero-order chi connectivity index (χ0) is 16.6. The van der Waals surface area contributed by atoms with Crippen molar-refractivity contribution in [2.24, 2.45) is 14.1 Å². The molecule has 2 aromatic rings. The average molecular weight is 316 g/mol. The minimum atomic E-state index is -0.448. The van der Waals surface area contributed by atoms with Gasteiger partial charge in [-0.1, -0.05) is 12.1 Å². The summed E-state index contributed by atoms with van der Waals surface area (Å²) in [5, 5.41) is 10.1. The van der Waals surface area contributed by atoms with E-state index in [1.54, 1.807) is 7.05 Å². The minimum absolute atomic E-state index is 0.133. The predicted octanol–water partition coefficient (Wildman–Crippen LogP) is 1.03. The second-order valence-electron chi connectivity index (χ2n) is 5.90. The van der Waals surface area contributed by atoms with Crippen LogP contribution in [0.2, 0.25) is 0 Å². The molecule has 0 saturated carbocycles. The van der Waals surface area contributed by atoms with Crippen LogP contribution in [0.3, 0.4) is 0 Å². The van der Waals surface area contributed by atoms with Crippen molar-refractivity contribution in [3.8, 4) is 5.75 Å². The van der Waals surface area contributed by atoms with E-state index < -0.39 is 6.10 Å². The Balaban J connectivity index is 1.89. The van der Waals surface area contributed by atoms with E-state index in [4.69, 9.17) is 4.74 Å². The van der Waals surface area contributed by atoms with Gasteiger partial charge in [-0.05, 0) is 36.5 Å². The van der Waals surface area contributed by atoms with Crippen molar-refractivity contribution >= 4 is 0 Å². The minimum Gasteiger partial charge on any atom is -0.487 e. The zero-order valence-electron chi connectivity index (χ0n) is 13.3. The molecule has 0 aliphatic heterocycles. The van der Waals surface area contributed by atoms with E-state index in [1.165, 1.54) is 17.7 Å². The summed E-state index contributed by atoms with van der Waals surface area (Å²) in [7, 11) is 3.06. The van der Waals surface area contributed by atoms with Gasteiger partial charge in [-0.2, -0.15) is 0 Å². The van der Waals surface area contributed by atoms with Crippen LogP contribution in [0.25, 0.3) is 0 Å². The van der Waals surface area contributed by atoms with E-state index in [-0.39, 0.29) is 17.9 Å². The van der Waals surface area contributed by atoms with Crippen LogP contribution >= 0.6 is 0 Å². The second-order valence-corrected chi connectivity index (χ2v) is 5.90. The Bertz CT molecular complexity index is 851. The van der Waals surface area contributed by atoms with Gasteiger partial charge in [-0.15, -0.1) is 0 Å². The fourth-order valence-corrected chi connectivity index (χ4v) is 2.99. The van der Waals surface area contributed by atoms with Crippen molar-refractivity contribution in [3.05, 3.63) is 61.9 Å². The first-order chi connectivity index (χ1) is 11.0. The molecule has 3 rings (SSSR count). The Morgan fingerprint density at radius 3 is 2.83 bits per heavy atom. The molecule has 1 atom stereocenters. The van der Waals surface area contributed by atoms with E-state index in [2.05, 4.69) is 0 Å². The molecule has 122 valence electrons. The highest BCUT2D eigenvalue weighted by Crippen LogP contribution is 2.35. The number of hydrogen-bond acceptors (Lipinski definition) is 4. The largest absolute Gasteiger partial charge is 0.487 e. The summed E-state index contributed by atoms with van der Waals surface area (Å²) >= 11 is 0. The molecule has 1 aliphatic carbocycles. The third-order valence-corrected chi connectivity index (χ3v) is 4.43. The lowest BCUT2D eigenvalue weighted by molar-refractivity contribution is 0.155. The summed E-state index contributed by atoms with van der Waals surface area (Å²) in [6.07, 6.45) is 2.09. The van der Waals surface area contributed by atoms with Gasteiger partial charge in [0.1, 0.15) is 12.4 Å². The number of fused-ring (bicyclic) bond motifs is 1. The molecule has 0 spiro atoms. The monoisotopic (exact) mass is 316 g/mol. The molecule has 0 amide bonds. The third kappa shape index (κ3) is 2.82. The quantitative estimate of drug-likeness (QED) is 0.918. The van der Waals surface area contributed by atoms with Crippen molar-refractivity contribution in [2.75, 3.05) is 0 Å². The van der Waals surface area contributed by atoms with Gasteiger partial charge in [0.25, 0.3) is 5.56 Å². The topological polar surface area (TPSA) is 73.5 Å². The highest BCUT2D eigenvalue weighted by atomic mass is 16.5. The highest BCUT2D eigenvalue weighted by molar-refractivity contribution is 5.42. The third-order valence-electron chi connectivity index (χ3n) is 4.43. The van der Waals surface area contributed by atoms with Crippen molar-refractivity contribution in [3.63, 3.8) is 0 Å². The first-order valence-corrected chi connectivity index (χ1v) is 7.67. The normalized spacial score (nSPS) is 16.9. The van der Waals surface area contributed by atoms with Crippen LogP contribution in [-0.4, -0.2) is 14.2 Å². The Morgan fingerprint density at radius 1 is 1.26 bits per heavy atom. The van der Waals surface area contributed by atoms with E-state index in [1.807, 2.05) is 18.2 Å². The first kappa shape index (κ1) is 15.6. The molecule has 1 N–H and O–H groups in total. The summed E-state index contributed by atoms with van der Waals surface area (Å²) in [4.78, 5) is 23.7. The Morgan fingerprint density at radius 2 is 2.04 bits per heavy atom. The lowest BCUT2D eigenvalue weighted by atomic mass is 9.89. The fraction of sp³-hybridized carbons (Fsp3) is 0.412. The molecule has 0 fully saturated rings. The molecule has 1 unspecified atom stereocenters. The number of benzene rings is 1. The van der Waals surface area contributed by atoms with Gasteiger partial charge in [0.05, 0.1) is 11.8 Å². The van der Waals surface area contributed by atoms with Crippen molar-refractivity contribution in [1.82, 2.24) is 9.13 Å².